The summed E-state index contributed by atoms with van der Waals surface area (Å²) in [6, 6.07) is 57.4. The van der Waals surface area contributed by atoms with Crippen LogP contribution in [0, 0.1) is 0 Å². The number of aromatic nitrogens is 3. The second-order valence-electron chi connectivity index (χ2n) is 19.3. The van der Waals surface area contributed by atoms with Gasteiger partial charge in [0.25, 0.3) is 0 Å². The van der Waals surface area contributed by atoms with Gasteiger partial charge in [-0.15, -0.1) is 0 Å². The van der Waals surface area contributed by atoms with Crippen LogP contribution >= 0.6 is 0 Å². The lowest BCUT2D eigenvalue weighted by Gasteiger charge is -2.23. The van der Waals surface area contributed by atoms with E-state index >= 15 is 9.59 Å². The van der Waals surface area contributed by atoms with Crippen molar-refractivity contribution in [2.75, 3.05) is 0 Å². The highest BCUT2D eigenvalue weighted by Gasteiger charge is 2.26. The maximum absolute atomic E-state index is 15.4. The van der Waals surface area contributed by atoms with Crippen LogP contribution < -0.4 is 10.9 Å². The lowest BCUT2D eigenvalue weighted by atomic mass is 9.85. The van der Waals surface area contributed by atoms with Crippen molar-refractivity contribution in [3.05, 3.63) is 195 Å². The minimum Gasteiger partial charge on any atom is -0.309 e. The SMILES string of the molecule is CC(C)(C)c1ccc2c(c1)c(=O)c1cc(-c3c(-n4c5ccccc5c5ccccc54)cccc3-n3c4ccccc4c4ccccc43)cc3c(=O)c4cc(C(C)(C)C)ccc4n2c13. The molecule has 12 aromatic rings. The Bertz CT molecular complexity index is 3680. The molecule has 0 amide bonds. The predicted octanol–water partition coefficient (Wildman–Crippen LogP) is 14.0. The third-order valence-corrected chi connectivity index (χ3v) is 13.5. The van der Waals surface area contributed by atoms with Crippen molar-refractivity contribution in [3.63, 3.8) is 0 Å². The zero-order chi connectivity index (χ0) is 43.1. The van der Waals surface area contributed by atoms with E-state index in [-0.39, 0.29) is 21.7 Å². The molecule has 0 unspecified atom stereocenters. The number of fused-ring (bicyclic) bond motifs is 10. The van der Waals surface area contributed by atoms with E-state index in [1.54, 1.807) is 0 Å². The lowest BCUT2D eigenvalue weighted by molar-refractivity contribution is 0.591. The molecule has 0 N–H and O–H groups in total. The molecular formula is C58H45N3O2. The van der Waals surface area contributed by atoms with Crippen LogP contribution in [0.25, 0.3) is 104 Å². The van der Waals surface area contributed by atoms with Crippen LogP contribution in [-0.4, -0.2) is 13.5 Å². The lowest BCUT2D eigenvalue weighted by Crippen LogP contribution is -2.17. The molecule has 5 heteroatoms. The van der Waals surface area contributed by atoms with Crippen molar-refractivity contribution >= 4 is 81.7 Å². The van der Waals surface area contributed by atoms with E-state index in [1.165, 1.54) is 0 Å². The molecule has 0 radical (unpaired) electrons. The molecule has 4 heterocycles. The summed E-state index contributed by atoms with van der Waals surface area (Å²) in [5, 5.41) is 6.92. The van der Waals surface area contributed by atoms with Gasteiger partial charge < -0.3 is 13.5 Å². The van der Waals surface area contributed by atoms with Crippen molar-refractivity contribution in [1.29, 1.82) is 0 Å². The second-order valence-corrected chi connectivity index (χ2v) is 19.3. The number of para-hydroxylation sites is 4. The zero-order valence-corrected chi connectivity index (χ0v) is 36.2. The van der Waals surface area contributed by atoms with Crippen molar-refractivity contribution in [3.8, 4) is 22.5 Å². The molecule has 0 saturated heterocycles. The molecule has 0 aliphatic heterocycles. The van der Waals surface area contributed by atoms with Crippen LogP contribution in [-0.2, 0) is 10.8 Å². The van der Waals surface area contributed by atoms with Gasteiger partial charge in [0.05, 0.1) is 50.0 Å². The van der Waals surface area contributed by atoms with E-state index in [9.17, 15) is 0 Å². The number of rotatable bonds is 3. The Morgan fingerprint density at radius 1 is 0.349 bits per heavy atom. The second kappa shape index (κ2) is 13.0. The average Bonchev–Trinajstić information content (AvgIpc) is 3.80. The first-order valence-corrected chi connectivity index (χ1v) is 21.9. The number of hydrogen-bond donors (Lipinski definition) is 0. The molecule has 0 spiro atoms. The molecule has 0 fully saturated rings. The smallest absolute Gasteiger partial charge is 0.197 e. The number of benzene rings is 8. The first kappa shape index (κ1) is 37.3. The number of pyridine rings is 2. The van der Waals surface area contributed by atoms with Crippen molar-refractivity contribution < 1.29 is 0 Å². The van der Waals surface area contributed by atoms with Crippen LogP contribution in [0.5, 0.6) is 0 Å². The van der Waals surface area contributed by atoms with Gasteiger partial charge in [0.2, 0.25) is 0 Å². The fraction of sp³-hybridized carbons (Fsp3) is 0.138. The highest BCUT2D eigenvalue weighted by Crippen LogP contribution is 2.44. The van der Waals surface area contributed by atoms with Crippen molar-refractivity contribution in [2.24, 2.45) is 0 Å². The van der Waals surface area contributed by atoms with Crippen molar-refractivity contribution in [2.45, 2.75) is 52.4 Å². The van der Waals surface area contributed by atoms with Gasteiger partial charge in [-0.25, -0.2) is 0 Å². The molecule has 5 nitrogen and oxygen atoms in total. The highest BCUT2D eigenvalue weighted by atomic mass is 16.1. The topological polar surface area (TPSA) is 48.4 Å². The fourth-order valence-electron chi connectivity index (χ4n) is 10.3. The third-order valence-electron chi connectivity index (χ3n) is 13.5. The van der Waals surface area contributed by atoms with Crippen molar-refractivity contribution in [1.82, 2.24) is 13.5 Å². The summed E-state index contributed by atoms with van der Waals surface area (Å²) in [6.07, 6.45) is 0. The molecule has 12 rings (SSSR count). The van der Waals surface area contributed by atoms with E-state index in [0.29, 0.717) is 27.1 Å². The van der Waals surface area contributed by atoms with Crippen LogP contribution in [0.2, 0.25) is 0 Å². The fourth-order valence-corrected chi connectivity index (χ4v) is 10.3. The van der Waals surface area contributed by atoms with Crippen LogP contribution in [0.3, 0.4) is 0 Å². The molecular weight excluding hydrogens is 771 g/mol. The first-order chi connectivity index (χ1) is 30.4. The molecule has 4 aromatic heterocycles. The summed E-state index contributed by atoms with van der Waals surface area (Å²) >= 11 is 0. The van der Waals surface area contributed by atoms with E-state index in [0.717, 1.165) is 88.3 Å². The minimum absolute atomic E-state index is 0.0826. The molecule has 0 aliphatic carbocycles. The summed E-state index contributed by atoms with van der Waals surface area (Å²) in [5.41, 5.74) is 11.8. The minimum atomic E-state index is -0.182. The van der Waals surface area contributed by atoms with Gasteiger partial charge in [-0.2, -0.15) is 0 Å². The van der Waals surface area contributed by atoms with E-state index in [1.807, 2.05) is 0 Å². The molecule has 0 atom stereocenters. The summed E-state index contributed by atoms with van der Waals surface area (Å²) in [5.74, 6) is 0. The summed E-state index contributed by atoms with van der Waals surface area (Å²) < 4.78 is 6.88. The molecule has 8 aromatic carbocycles. The number of nitrogens with zero attached hydrogens (tertiary/aromatic N) is 3. The highest BCUT2D eigenvalue weighted by molar-refractivity contribution is 6.14. The Hall–Kier alpha value is -7.50. The molecule has 0 saturated carbocycles. The van der Waals surface area contributed by atoms with Gasteiger partial charge >= 0.3 is 0 Å². The monoisotopic (exact) mass is 815 g/mol. The van der Waals surface area contributed by atoms with Gasteiger partial charge in [0, 0.05) is 48.7 Å². The predicted molar refractivity (Wildman–Crippen MR) is 265 cm³/mol. The Kier molecular flexibility index (Phi) is 7.70. The van der Waals surface area contributed by atoms with Gasteiger partial charge in [0.15, 0.2) is 10.9 Å². The largest absolute Gasteiger partial charge is 0.309 e. The summed E-state index contributed by atoms with van der Waals surface area (Å²) in [7, 11) is 0. The summed E-state index contributed by atoms with van der Waals surface area (Å²) in [4.78, 5) is 30.8. The first-order valence-electron chi connectivity index (χ1n) is 21.9. The van der Waals surface area contributed by atoms with Crippen LogP contribution in [0.1, 0.15) is 52.7 Å². The van der Waals surface area contributed by atoms with Crippen LogP contribution in [0.4, 0.5) is 0 Å². The standard InChI is InChI=1S/C58H45N3O2/c1-57(2,3)35-26-28-49-41(32-35)55(62)43-30-34(31-44-54(43)61(49)50-29-27-36(58(4,5)6)33-42(50)56(44)63)53-51(59-45-20-11-7-16-37(45)38-17-8-12-21-46(38)59)24-15-25-52(53)60-47-22-13-9-18-39(47)40-19-10-14-23-48(40)60/h7-33H,1-6H3. The maximum Gasteiger partial charge on any atom is 0.197 e. The van der Waals surface area contributed by atoms with Crippen LogP contribution in [0.15, 0.2) is 173 Å². The van der Waals surface area contributed by atoms with Gasteiger partial charge in [-0.05, 0) is 100 Å². The maximum atomic E-state index is 15.4. The molecule has 0 bridgehead atoms. The average molecular weight is 816 g/mol. The molecule has 304 valence electrons. The van der Waals surface area contributed by atoms with E-state index in [4.69, 9.17) is 0 Å². The Labute approximate surface area is 364 Å². The third kappa shape index (κ3) is 5.29. The molecule has 63 heavy (non-hydrogen) atoms. The Balaban J connectivity index is 1.31. The zero-order valence-electron chi connectivity index (χ0n) is 36.2. The van der Waals surface area contributed by atoms with E-state index < -0.39 is 0 Å². The quantitative estimate of drug-likeness (QED) is 0.132. The normalized spacial score (nSPS) is 12.7. The molecule has 0 aliphatic rings. The van der Waals surface area contributed by atoms with Gasteiger partial charge in [-0.3, -0.25) is 9.59 Å². The van der Waals surface area contributed by atoms with Gasteiger partial charge in [0.1, 0.15) is 0 Å². The van der Waals surface area contributed by atoms with E-state index in [2.05, 4.69) is 219 Å². The summed E-state index contributed by atoms with van der Waals surface area (Å²) in [6.45, 7) is 13.1. The Morgan fingerprint density at radius 2 is 0.714 bits per heavy atom. The van der Waals surface area contributed by atoms with Gasteiger partial charge in [-0.1, -0.05) is 133 Å². The number of hydrogen-bond acceptors (Lipinski definition) is 2. The Morgan fingerprint density at radius 3 is 1.08 bits per heavy atom.